The van der Waals surface area contributed by atoms with Gasteiger partial charge in [0.05, 0.1) is 23.1 Å². The van der Waals surface area contributed by atoms with E-state index in [4.69, 9.17) is 0 Å². The lowest BCUT2D eigenvalue weighted by Crippen LogP contribution is -2.11. The smallest absolute Gasteiger partial charge is 0.259 e. The van der Waals surface area contributed by atoms with Crippen molar-refractivity contribution in [3.63, 3.8) is 0 Å². The molecule has 120 valence electrons. The molecule has 0 saturated carbocycles. The van der Waals surface area contributed by atoms with Gasteiger partial charge in [-0.25, -0.2) is 9.97 Å². The molecule has 7 nitrogen and oxygen atoms in total. The van der Waals surface area contributed by atoms with Crippen molar-refractivity contribution in [1.82, 2.24) is 24.1 Å². The minimum Gasteiger partial charge on any atom is -0.298 e. The minimum absolute atomic E-state index is 0.234. The van der Waals surface area contributed by atoms with Crippen molar-refractivity contribution in [2.45, 2.75) is 6.92 Å². The van der Waals surface area contributed by atoms with Crippen LogP contribution in [0, 0.1) is 6.92 Å². The largest absolute Gasteiger partial charge is 0.298 e. The lowest BCUT2D eigenvalue weighted by molar-refractivity contribution is 0.102. The summed E-state index contributed by atoms with van der Waals surface area (Å²) in [6.45, 7) is 1.91. The van der Waals surface area contributed by atoms with Crippen LogP contribution in [-0.2, 0) is 7.05 Å². The lowest BCUT2D eigenvalue weighted by Gasteiger charge is -2.01. The van der Waals surface area contributed by atoms with Crippen molar-refractivity contribution in [2.24, 2.45) is 7.05 Å². The first-order valence-electron chi connectivity index (χ1n) is 7.08. The first kappa shape index (κ1) is 14.9. The average molecular weight is 356 g/mol. The molecule has 0 spiro atoms. The van der Waals surface area contributed by atoms with E-state index in [-0.39, 0.29) is 5.91 Å². The molecule has 0 aliphatic heterocycles. The number of pyridine rings is 1. The van der Waals surface area contributed by atoms with Crippen LogP contribution in [0.25, 0.3) is 21.5 Å². The number of amides is 1. The molecular weight excluding hydrogens is 344 g/mol. The Balaban J connectivity index is 1.57. The fraction of sp³-hybridized carbons (Fsp3) is 0.133. The van der Waals surface area contributed by atoms with Crippen LogP contribution in [0.4, 0.5) is 5.13 Å². The molecule has 24 heavy (non-hydrogen) atoms. The fourth-order valence-corrected chi connectivity index (χ4v) is 3.70. The zero-order valence-electron chi connectivity index (χ0n) is 12.8. The molecule has 0 atom stereocenters. The molecule has 4 aromatic heterocycles. The zero-order chi connectivity index (χ0) is 16.7. The van der Waals surface area contributed by atoms with E-state index in [9.17, 15) is 4.79 Å². The topological polar surface area (TPSA) is 85.6 Å². The number of nitrogens with zero attached hydrogens (tertiary/aromatic N) is 5. The van der Waals surface area contributed by atoms with Crippen molar-refractivity contribution in [3.8, 4) is 11.3 Å². The highest BCUT2D eigenvalue weighted by Gasteiger charge is 2.13. The van der Waals surface area contributed by atoms with Gasteiger partial charge in [0.25, 0.3) is 5.91 Å². The molecule has 4 heterocycles. The predicted molar refractivity (Wildman–Crippen MR) is 94.4 cm³/mol. The second-order valence-electron chi connectivity index (χ2n) is 5.24. The Labute approximate surface area is 145 Å². The summed E-state index contributed by atoms with van der Waals surface area (Å²) in [7, 11) is 1.85. The van der Waals surface area contributed by atoms with Crippen LogP contribution in [0.5, 0.6) is 0 Å². The van der Waals surface area contributed by atoms with E-state index in [0.29, 0.717) is 10.7 Å². The molecule has 1 N–H and O–H groups in total. The Morgan fingerprint density at radius 3 is 3.00 bits per heavy atom. The number of nitrogens with one attached hydrogen (secondary N) is 1. The molecule has 0 saturated heterocycles. The molecule has 0 unspecified atom stereocenters. The standard InChI is InChI=1S/C15H12N6OS2/c1-8-11-3-9(4-16-14(11)24-20-8)13(22)19-15-18-12(7-23-15)10-5-17-21(2)6-10/h3-7H,1-2H3,(H,18,19,22). The van der Waals surface area contributed by atoms with Gasteiger partial charge < -0.3 is 0 Å². The molecule has 1 amide bonds. The Kier molecular flexibility index (Phi) is 3.58. The van der Waals surface area contributed by atoms with Crippen molar-refractivity contribution in [1.29, 1.82) is 0 Å². The van der Waals surface area contributed by atoms with Gasteiger partial charge in [-0.15, -0.1) is 11.3 Å². The summed E-state index contributed by atoms with van der Waals surface area (Å²) in [5, 5.41) is 10.3. The van der Waals surface area contributed by atoms with E-state index in [0.717, 1.165) is 27.2 Å². The number of thiazole rings is 1. The van der Waals surface area contributed by atoms with E-state index < -0.39 is 0 Å². The number of aryl methyl sites for hydroxylation is 2. The zero-order valence-corrected chi connectivity index (χ0v) is 14.5. The highest BCUT2D eigenvalue weighted by molar-refractivity contribution is 7.14. The molecule has 0 aliphatic carbocycles. The van der Waals surface area contributed by atoms with Gasteiger partial charge in [-0.3, -0.25) is 14.8 Å². The highest BCUT2D eigenvalue weighted by atomic mass is 32.1. The summed E-state index contributed by atoms with van der Waals surface area (Å²) < 4.78 is 5.96. The van der Waals surface area contributed by atoms with Crippen LogP contribution in [-0.4, -0.2) is 30.0 Å². The summed E-state index contributed by atoms with van der Waals surface area (Å²) in [4.78, 5) is 22.0. The van der Waals surface area contributed by atoms with Crippen molar-refractivity contribution in [3.05, 3.63) is 41.3 Å². The van der Waals surface area contributed by atoms with Gasteiger partial charge >= 0.3 is 0 Å². The van der Waals surface area contributed by atoms with Gasteiger partial charge in [0, 0.05) is 35.8 Å². The molecule has 0 radical (unpaired) electrons. The van der Waals surface area contributed by atoms with Crippen LogP contribution in [0.15, 0.2) is 30.0 Å². The van der Waals surface area contributed by atoms with Crippen molar-refractivity contribution >= 4 is 44.1 Å². The monoisotopic (exact) mass is 356 g/mol. The first-order valence-corrected chi connectivity index (χ1v) is 8.73. The maximum Gasteiger partial charge on any atom is 0.259 e. The van der Waals surface area contributed by atoms with E-state index in [1.54, 1.807) is 17.1 Å². The molecule has 4 rings (SSSR count). The number of rotatable bonds is 3. The quantitative estimate of drug-likeness (QED) is 0.609. The maximum absolute atomic E-state index is 12.4. The summed E-state index contributed by atoms with van der Waals surface area (Å²) in [5.41, 5.74) is 3.07. The van der Waals surface area contributed by atoms with Crippen LogP contribution in [0.3, 0.4) is 0 Å². The predicted octanol–water partition coefficient (Wildman–Crippen LogP) is 3.11. The number of carbonyl (C=O) groups is 1. The number of aromatic nitrogens is 5. The summed E-state index contributed by atoms with van der Waals surface area (Å²) in [5.74, 6) is -0.234. The van der Waals surface area contributed by atoms with Gasteiger partial charge in [-0.05, 0) is 24.5 Å². The van der Waals surface area contributed by atoms with Crippen molar-refractivity contribution < 1.29 is 4.79 Å². The third-order valence-electron chi connectivity index (χ3n) is 3.50. The third-order valence-corrected chi connectivity index (χ3v) is 5.12. The normalized spacial score (nSPS) is 11.1. The van der Waals surface area contributed by atoms with E-state index >= 15 is 0 Å². The lowest BCUT2D eigenvalue weighted by atomic mass is 10.2. The average Bonchev–Trinajstić information content (AvgIpc) is 3.28. The molecule has 0 fully saturated rings. The van der Waals surface area contributed by atoms with Gasteiger partial charge in [-0.2, -0.15) is 9.47 Å². The number of fused-ring (bicyclic) bond motifs is 1. The molecule has 0 bridgehead atoms. The number of hydrogen-bond acceptors (Lipinski definition) is 7. The van der Waals surface area contributed by atoms with E-state index in [2.05, 4.69) is 24.8 Å². The summed E-state index contributed by atoms with van der Waals surface area (Å²) >= 11 is 2.70. The Hall–Kier alpha value is -2.65. The van der Waals surface area contributed by atoms with Crippen LogP contribution >= 0.6 is 22.9 Å². The number of anilines is 1. The molecule has 0 aliphatic rings. The van der Waals surface area contributed by atoms with Crippen molar-refractivity contribution in [2.75, 3.05) is 5.32 Å². The number of carbonyl (C=O) groups excluding carboxylic acids is 1. The van der Waals surface area contributed by atoms with Crippen LogP contribution in [0.1, 0.15) is 16.1 Å². The third kappa shape index (κ3) is 2.68. The summed E-state index contributed by atoms with van der Waals surface area (Å²) in [6.07, 6.45) is 5.18. The van der Waals surface area contributed by atoms with Gasteiger partial charge in [0.2, 0.25) is 0 Å². The molecule has 0 aromatic carbocycles. The first-order chi connectivity index (χ1) is 11.6. The second-order valence-corrected chi connectivity index (χ2v) is 6.85. The maximum atomic E-state index is 12.4. The van der Waals surface area contributed by atoms with Crippen LogP contribution < -0.4 is 5.32 Å². The molecule has 4 aromatic rings. The van der Waals surface area contributed by atoms with E-state index in [1.807, 2.05) is 31.6 Å². The van der Waals surface area contributed by atoms with Gasteiger partial charge in [0.1, 0.15) is 4.83 Å². The Bertz CT molecular complexity index is 1050. The highest BCUT2D eigenvalue weighted by Crippen LogP contribution is 2.25. The fourth-order valence-electron chi connectivity index (χ4n) is 2.26. The number of hydrogen-bond donors (Lipinski definition) is 1. The minimum atomic E-state index is -0.234. The Morgan fingerprint density at radius 1 is 1.33 bits per heavy atom. The Morgan fingerprint density at radius 2 is 2.21 bits per heavy atom. The summed E-state index contributed by atoms with van der Waals surface area (Å²) in [6, 6.07) is 1.81. The molecular formula is C15H12N6OS2. The SMILES string of the molecule is Cc1nsc2ncc(C(=O)Nc3nc(-c4cnn(C)c4)cs3)cc12. The van der Waals surface area contributed by atoms with Crippen LogP contribution in [0.2, 0.25) is 0 Å². The van der Waals surface area contributed by atoms with Gasteiger partial charge in [-0.1, -0.05) is 0 Å². The molecule has 9 heteroatoms. The van der Waals surface area contributed by atoms with Gasteiger partial charge in [0.15, 0.2) is 5.13 Å². The second kappa shape index (κ2) is 5.77. The van der Waals surface area contributed by atoms with E-state index in [1.165, 1.54) is 22.9 Å².